The van der Waals surface area contributed by atoms with Crippen LogP contribution in [0.3, 0.4) is 0 Å². The van der Waals surface area contributed by atoms with Crippen LogP contribution in [0.15, 0.2) is 78.9 Å². The highest BCUT2D eigenvalue weighted by atomic mass is 16.5. The lowest BCUT2D eigenvalue weighted by atomic mass is 9.87. The van der Waals surface area contributed by atoms with Gasteiger partial charge in [-0.2, -0.15) is 5.26 Å². The summed E-state index contributed by atoms with van der Waals surface area (Å²) in [5, 5.41) is 9.08. The van der Waals surface area contributed by atoms with E-state index in [1.807, 2.05) is 49.4 Å². The Bertz CT molecular complexity index is 1260. The maximum atomic E-state index is 11.8. The Morgan fingerprint density at radius 2 is 1.62 bits per heavy atom. The van der Waals surface area contributed by atoms with Crippen LogP contribution < -0.4 is 4.74 Å². The van der Waals surface area contributed by atoms with Crippen LogP contribution in [-0.2, 0) is 28.0 Å². The van der Waals surface area contributed by atoms with Gasteiger partial charge in [0.25, 0.3) is 0 Å². The number of carbonyl (C=O) groups excluding carboxylic acids is 1. The summed E-state index contributed by atoms with van der Waals surface area (Å²) in [4.78, 5) is 11.8. The van der Waals surface area contributed by atoms with Crippen LogP contribution >= 0.6 is 0 Å². The van der Waals surface area contributed by atoms with Crippen LogP contribution in [0.1, 0.15) is 87.6 Å². The molecule has 4 nitrogen and oxygen atoms in total. The number of nitrogens with zero attached hydrogens (tertiary/aromatic N) is 1. The molecule has 0 aromatic heterocycles. The number of carbonyl (C=O) groups is 1. The zero-order valence-electron chi connectivity index (χ0n) is 24.5. The average molecular weight is 538 g/mol. The molecule has 0 amide bonds. The molecule has 3 rings (SSSR count). The van der Waals surface area contributed by atoms with Crippen molar-refractivity contribution in [3.8, 4) is 11.8 Å². The standard InChI is InChI=1S/C36H43NO3/c1-5-39-35(38)13-9-6-10-28(14-15-29-16-18-30(26-37)19-17-29)20-23-32-11-7-8-12-34(32)40-27-31-21-24-33(25-22-31)36(2,3)4/h7-8,11-12,16-25,28H,5-6,9-10,13-15,27H2,1-4H3/b23-20+. The number of rotatable bonds is 14. The first-order valence-electron chi connectivity index (χ1n) is 14.4. The van der Waals surface area contributed by atoms with Gasteiger partial charge >= 0.3 is 5.97 Å². The highest BCUT2D eigenvalue weighted by molar-refractivity contribution is 5.69. The second-order valence-electron chi connectivity index (χ2n) is 11.3. The summed E-state index contributed by atoms with van der Waals surface area (Å²) in [6, 6.07) is 26.8. The Kier molecular flexibility index (Phi) is 12.0. The number of benzene rings is 3. The molecule has 0 aliphatic rings. The predicted molar refractivity (Wildman–Crippen MR) is 163 cm³/mol. The van der Waals surface area contributed by atoms with Gasteiger partial charge in [0.2, 0.25) is 0 Å². The van der Waals surface area contributed by atoms with Crippen LogP contribution in [0.5, 0.6) is 5.75 Å². The minimum atomic E-state index is -0.119. The van der Waals surface area contributed by atoms with Gasteiger partial charge in [-0.3, -0.25) is 4.79 Å². The third-order valence-electron chi connectivity index (χ3n) is 7.08. The van der Waals surface area contributed by atoms with Gasteiger partial charge in [-0.25, -0.2) is 0 Å². The number of esters is 1. The third-order valence-corrected chi connectivity index (χ3v) is 7.08. The first-order valence-corrected chi connectivity index (χ1v) is 14.4. The summed E-state index contributed by atoms with van der Waals surface area (Å²) in [5.74, 6) is 1.11. The number of allylic oxidation sites excluding steroid dienone is 1. The molecule has 0 radical (unpaired) electrons. The van der Waals surface area contributed by atoms with Gasteiger partial charge in [0.05, 0.1) is 18.2 Å². The molecule has 0 spiro atoms. The van der Waals surface area contributed by atoms with Crippen LogP contribution in [0.4, 0.5) is 0 Å². The number of hydrogen-bond donors (Lipinski definition) is 0. The van der Waals surface area contributed by atoms with Gasteiger partial charge in [0, 0.05) is 12.0 Å². The highest BCUT2D eigenvalue weighted by Crippen LogP contribution is 2.26. The molecule has 3 aromatic carbocycles. The Morgan fingerprint density at radius 1 is 0.925 bits per heavy atom. The zero-order valence-corrected chi connectivity index (χ0v) is 24.5. The van der Waals surface area contributed by atoms with E-state index < -0.39 is 0 Å². The molecular weight excluding hydrogens is 494 g/mol. The Labute approximate surface area is 240 Å². The van der Waals surface area contributed by atoms with E-state index in [0.717, 1.165) is 49.0 Å². The summed E-state index contributed by atoms with van der Waals surface area (Å²) in [6.45, 7) is 9.45. The van der Waals surface area contributed by atoms with Crippen molar-refractivity contribution < 1.29 is 14.3 Å². The third kappa shape index (κ3) is 10.4. The first kappa shape index (κ1) is 30.7. The SMILES string of the molecule is CCOC(=O)CCCCC(/C=C/c1ccccc1OCc1ccc(C(C)(C)C)cc1)CCc1ccc(C#N)cc1. The number of hydrogen-bond acceptors (Lipinski definition) is 4. The molecular formula is C36H43NO3. The number of nitriles is 1. The quantitative estimate of drug-likeness (QED) is 0.152. The number of unbranched alkanes of at least 4 members (excludes halogenated alkanes) is 1. The number of ether oxygens (including phenoxy) is 2. The zero-order chi connectivity index (χ0) is 28.8. The van der Waals surface area contributed by atoms with Crippen molar-refractivity contribution in [1.29, 1.82) is 5.26 Å². The molecule has 0 bridgehead atoms. The average Bonchev–Trinajstić information content (AvgIpc) is 2.95. The molecule has 0 saturated heterocycles. The molecule has 210 valence electrons. The van der Waals surface area contributed by atoms with Crippen LogP contribution in [0.25, 0.3) is 6.08 Å². The van der Waals surface area contributed by atoms with Crippen LogP contribution in [0.2, 0.25) is 0 Å². The van der Waals surface area contributed by atoms with Crippen molar-refractivity contribution in [2.45, 2.75) is 78.2 Å². The fraction of sp³-hybridized carbons (Fsp3) is 0.389. The predicted octanol–water partition coefficient (Wildman–Crippen LogP) is 8.82. The van der Waals surface area contributed by atoms with Gasteiger partial charge in [-0.05, 0) is 78.8 Å². The van der Waals surface area contributed by atoms with E-state index in [9.17, 15) is 4.79 Å². The molecule has 1 atom stereocenters. The molecule has 0 saturated carbocycles. The van der Waals surface area contributed by atoms with Gasteiger partial charge in [-0.15, -0.1) is 0 Å². The Hall–Kier alpha value is -3.84. The van der Waals surface area contributed by atoms with E-state index in [0.29, 0.717) is 31.1 Å². The van der Waals surface area contributed by atoms with Crippen LogP contribution in [0, 0.1) is 17.2 Å². The summed E-state index contributed by atoms with van der Waals surface area (Å²) >= 11 is 0. The molecule has 40 heavy (non-hydrogen) atoms. The second kappa shape index (κ2) is 15.7. The lowest BCUT2D eigenvalue weighted by Gasteiger charge is -2.19. The monoisotopic (exact) mass is 537 g/mol. The summed E-state index contributed by atoms with van der Waals surface area (Å²) in [6.07, 6.45) is 9.63. The van der Waals surface area contributed by atoms with Crippen molar-refractivity contribution in [3.05, 3.63) is 107 Å². The van der Waals surface area contributed by atoms with E-state index in [-0.39, 0.29) is 11.4 Å². The molecule has 0 heterocycles. The molecule has 1 unspecified atom stereocenters. The maximum absolute atomic E-state index is 11.8. The number of para-hydroxylation sites is 1. The maximum Gasteiger partial charge on any atom is 0.305 e. The van der Waals surface area contributed by atoms with Gasteiger partial charge in [0.15, 0.2) is 0 Å². The van der Waals surface area contributed by atoms with Crippen molar-refractivity contribution in [3.63, 3.8) is 0 Å². The molecule has 0 fully saturated rings. The topological polar surface area (TPSA) is 59.3 Å². The van der Waals surface area contributed by atoms with Gasteiger partial charge in [0.1, 0.15) is 12.4 Å². The second-order valence-corrected chi connectivity index (χ2v) is 11.3. The van der Waals surface area contributed by atoms with E-state index in [2.05, 4.69) is 69.3 Å². The Balaban J connectivity index is 1.65. The van der Waals surface area contributed by atoms with E-state index in [4.69, 9.17) is 14.7 Å². The molecule has 0 aliphatic carbocycles. The van der Waals surface area contributed by atoms with Crippen molar-refractivity contribution in [2.75, 3.05) is 6.61 Å². The lowest BCUT2D eigenvalue weighted by molar-refractivity contribution is -0.143. The minimum absolute atomic E-state index is 0.119. The minimum Gasteiger partial charge on any atom is -0.488 e. The summed E-state index contributed by atoms with van der Waals surface area (Å²) < 4.78 is 11.3. The fourth-order valence-electron chi connectivity index (χ4n) is 4.60. The van der Waals surface area contributed by atoms with Gasteiger partial charge < -0.3 is 9.47 Å². The van der Waals surface area contributed by atoms with Crippen LogP contribution in [-0.4, -0.2) is 12.6 Å². The van der Waals surface area contributed by atoms with Gasteiger partial charge in [-0.1, -0.05) is 93.9 Å². The van der Waals surface area contributed by atoms with Crippen molar-refractivity contribution in [1.82, 2.24) is 0 Å². The van der Waals surface area contributed by atoms with E-state index in [1.54, 1.807) is 0 Å². The largest absolute Gasteiger partial charge is 0.488 e. The van der Waals surface area contributed by atoms with E-state index in [1.165, 1.54) is 11.1 Å². The lowest BCUT2D eigenvalue weighted by Crippen LogP contribution is -2.10. The first-order chi connectivity index (χ1) is 19.3. The summed E-state index contributed by atoms with van der Waals surface area (Å²) in [5.41, 5.74) is 5.56. The molecule has 0 aliphatic heterocycles. The van der Waals surface area contributed by atoms with E-state index >= 15 is 0 Å². The molecule has 3 aromatic rings. The molecule has 4 heteroatoms. The van der Waals surface area contributed by atoms with Crippen molar-refractivity contribution >= 4 is 12.0 Å². The van der Waals surface area contributed by atoms with Crippen molar-refractivity contribution in [2.24, 2.45) is 5.92 Å². The Morgan fingerprint density at radius 3 is 2.30 bits per heavy atom. The smallest absolute Gasteiger partial charge is 0.305 e. The normalized spacial score (nSPS) is 12.2. The molecule has 0 N–H and O–H groups in total. The highest BCUT2D eigenvalue weighted by Gasteiger charge is 2.13. The fourth-order valence-corrected chi connectivity index (χ4v) is 4.60. The number of aryl methyl sites for hydroxylation is 1. The summed E-state index contributed by atoms with van der Waals surface area (Å²) in [7, 11) is 0.